The Bertz CT molecular complexity index is 469. The van der Waals surface area contributed by atoms with Crippen LogP contribution in [0.25, 0.3) is 0 Å². The first-order valence-corrected chi connectivity index (χ1v) is 7.39. The highest BCUT2D eigenvalue weighted by Crippen LogP contribution is 2.48. The molecule has 0 aliphatic heterocycles. The number of ether oxygens (including phenoxy) is 1. The Kier molecular flexibility index (Phi) is 4.63. The van der Waals surface area contributed by atoms with Crippen LogP contribution < -0.4 is 5.32 Å². The summed E-state index contributed by atoms with van der Waals surface area (Å²) < 4.78 is 6.10. The molecule has 1 aromatic rings. The number of rotatable bonds is 6. The number of halogens is 1. The molecule has 0 bridgehead atoms. The van der Waals surface area contributed by atoms with Crippen LogP contribution in [-0.2, 0) is 4.74 Å². The Morgan fingerprint density at radius 3 is 2.84 bits per heavy atom. The molecule has 0 heterocycles. The lowest BCUT2D eigenvalue weighted by Gasteiger charge is -2.16. The Morgan fingerprint density at radius 2 is 2.21 bits per heavy atom. The summed E-state index contributed by atoms with van der Waals surface area (Å²) in [6.45, 7) is 3.48. The molecule has 0 spiro atoms. The quantitative estimate of drug-likeness (QED) is 0.871. The van der Waals surface area contributed by atoms with Crippen LogP contribution >= 0.6 is 15.9 Å². The second-order valence-corrected chi connectivity index (χ2v) is 6.19. The highest BCUT2D eigenvalue weighted by atomic mass is 79.9. The molecule has 1 N–H and O–H groups in total. The van der Waals surface area contributed by atoms with Crippen molar-refractivity contribution in [2.45, 2.75) is 26.2 Å². The SMILES string of the molecule is COCCC1(CNC(=O)c2cccc(Br)c2C)CC1. The minimum Gasteiger partial charge on any atom is -0.385 e. The smallest absolute Gasteiger partial charge is 0.251 e. The lowest BCUT2D eigenvalue weighted by Crippen LogP contribution is -2.31. The number of hydrogen-bond donors (Lipinski definition) is 1. The maximum atomic E-state index is 12.2. The second kappa shape index (κ2) is 6.06. The van der Waals surface area contributed by atoms with Crippen LogP contribution in [0.2, 0.25) is 0 Å². The van der Waals surface area contributed by atoms with E-state index in [0.717, 1.165) is 35.2 Å². The van der Waals surface area contributed by atoms with E-state index in [1.165, 1.54) is 12.8 Å². The van der Waals surface area contributed by atoms with Crippen molar-refractivity contribution >= 4 is 21.8 Å². The Balaban J connectivity index is 1.93. The Hall–Kier alpha value is -0.870. The van der Waals surface area contributed by atoms with Gasteiger partial charge in [0.25, 0.3) is 5.91 Å². The van der Waals surface area contributed by atoms with Gasteiger partial charge in [0.2, 0.25) is 0 Å². The van der Waals surface area contributed by atoms with Gasteiger partial charge in [0.15, 0.2) is 0 Å². The third-order valence-corrected chi connectivity index (χ3v) is 4.79. The van der Waals surface area contributed by atoms with Gasteiger partial charge in [0.05, 0.1) is 0 Å². The molecule has 1 saturated carbocycles. The van der Waals surface area contributed by atoms with E-state index in [-0.39, 0.29) is 11.3 Å². The van der Waals surface area contributed by atoms with E-state index in [9.17, 15) is 4.79 Å². The van der Waals surface area contributed by atoms with E-state index >= 15 is 0 Å². The van der Waals surface area contributed by atoms with Crippen LogP contribution in [0.15, 0.2) is 22.7 Å². The van der Waals surface area contributed by atoms with Gasteiger partial charge in [-0.15, -0.1) is 0 Å². The van der Waals surface area contributed by atoms with Gasteiger partial charge >= 0.3 is 0 Å². The Morgan fingerprint density at radius 1 is 1.47 bits per heavy atom. The third-order valence-electron chi connectivity index (χ3n) is 3.93. The van der Waals surface area contributed by atoms with Crippen molar-refractivity contribution in [3.05, 3.63) is 33.8 Å². The van der Waals surface area contributed by atoms with Gasteiger partial charge < -0.3 is 10.1 Å². The van der Waals surface area contributed by atoms with Gasteiger partial charge in [-0.25, -0.2) is 0 Å². The van der Waals surface area contributed by atoms with Crippen molar-refractivity contribution in [1.29, 1.82) is 0 Å². The fourth-order valence-electron chi connectivity index (χ4n) is 2.23. The first-order chi connectivity index (χ1) is 9.08. The van der Waals surface area contributed by atoms with E-state index in [2.05, 4.69) is 21.2 Å². The molecule has 3 nitrogen and oxygen atoms in total. The second-order valence-electron chi connectivity index (χ2n) is 5.34. The van der Waals surface area contributed by atoms with Crippen molar-refractivity contribution in [3.63, 3.8) is 0 Å². The molecular weight excluding hydrogens is 306 g/mol. The summed E-state index contributed by atoms with van der Waals surface area (Å²) >= 11 is 3.45. The fraction of sp³-hybridized carbons (Fsp3) is 0.533. The summed E-state index contributed by atoms with van der Waals surface area (Å²) in [7, 11) is 1.72. The zero-order chi connectivity index (χ0) is 13.9. The van der Waals surface area contributed by atoms with Crippen LogP contribution in [0.1, 0.15) is 35.2 Å². The lowest BCUT2D eigenvalue weighted by molar-refractivity contribution is 0.0937. The van der Waals surface area contributed by atoms with Crippen molar-refractivity contribution in [1.82, 2.24) is 5.32 Å². The monoisotopic (exact) mass is 325 g/mol. The van der Waals surface area contributed by atoms with Crippen molar-refractivity contribution in [3.8, 4) is 0 Å². The van der Waals surface area contributed by atoms with Crippen LogP contribution in [0.3, 0.4) is 0 Å². The molecule has 104 valence electrons. The lowest BCUT2D eigenvalue weighted by atomic mass is 10.0. The van der Waals surface area contributed by atoms with Crippen LogP contribution in [0.5, 0.6) is 0 Å². The zero-order valence-corrected chi connectivity index (χ0v) is 13.0. The average molecular weight is 326 g/mol. The number of carbonyl (C=O) groups is 1. The molecule has 0 radical (unpaired) electrons. The predicted octanol–water partition coefficient (Wildman–Crippen LogP) is 3.30. The summed E-state index contributed by atoms with van der Waals surface area (Å²) in [5.41, 5.74) is 2.02. The molecule has 1 aromatic carbocycles. The minimum atomic E-state index is 0.0162. The van der Waals surface area contributed by atoms with Crippen LogP contribution in [-0.4, -0.2) is 26.2 Å². The normalized spacial score (nSPS) is 16.2. The summed E-state index contributed by atoms with van der Waals surface area (Å²) in [5, 5.41) is 3.06. The number of hydrogen-bond acceptors (Lipinski definition) is 2. The van der Waals surface area contributed by atoms with Crippen molar-refractivity contribution in [2.24, 2.45) is 5.41 Å². The van der Waals surface area contributed by atoms with Gasteiger partial charge in [0.1, 0.15) is 0 Å². The molecule has 0 unspecified atom stereocenters. The van der Waals surface area contributed by atoms with Gasteiger partial charge in [-0.05, 0) is 49.3 Å². The van der Waals surface area contributed by atoms with E-state index in [1.54, 1.807) is 7.11 Å². The maximum absolute atomic E-state index is 12.2. The predicted molar refractivity (Wildman–Crippen MR) is 79.4 cm³/mol. The standard InChI is InChI=1S/C15H20BrNO2/c1-11-12(4-3-5-13(11)16)14(18)17-10-15(6-7-15)8-9-19-2/h3-5H,6-10H2,1-2H3,(H,17,18). The molecule has 19 heavy (non-hydrogen) atoms. The number of carbonyl (C=O) groups excluding carboxylic acids is 1. The minimum absolute atomic E-state index is 0.0162. The molecule has 4 heteroatoms. The summed E-state index contributed by atoms with van der Waals surface area (Å²) in [6, 6.07) is 5.71. The summed E-state index contributed by atoms with van der Waals surface area (Å²) in [4.78, 5) is 12.2. The fourth-order valence-corrected chi connectivity index (χ4v) is 2.59. The highest BCUT2D eigenvalue weighted by Gasteiger charge is 2.42. The highest BCUT2D eigenvalue weighted by molar-refractivity contribution is 9.10. The van der Waals surface area contributed by atoms with E-state index in [1.807, 2.05) is 25.1 Å². The molecule has 1 fully saturated rings. The number of benzene rings is 1. The average Bonchev–Trinajstić information content (AvgIpc) is 3.17. The molecule has 0 atom stereocenters. The molecule has 1 amide bonds. The molecule has 1 aliphatic carbocycles. The van der Waals surface area contributed by atoms with Crippen LogP contribution in [0, 0.1) is 12.3 Å². The molecule has 1 aliphatic rings. The van der Waals surface area contributed by atoms with Crippen molar-refractivity contribution < 1.29 is 9.53 Å². The molecule has 0 aromatic heterocycles. The topological polar surface area (TPSA) is 38.3 Å². The van der Waals surface area contributed by atoms with Gasteiger partial charge in [0, 0.05) is 30.3 Å². The first kappa shape index (κ1) is 14.5. The number of amides is 1. The van der Waals surface area contributed by atoms with Gasteiger partial charge in [-0.2, -0.15) is 0 Å². The summed E-state index contributed by atoms with van der Waals surface area (Å²) in [6.07, 6.45) is 3.41. The molecule has 2 rings (SSSR count). The summed E-state index contributed by atoms with van der Waals surface area (Å²) in [5.74, 6) is 0.0162. The van der Waals surface area contributed by atoms with Crippen molar-refractivity contribution in [2.75, 3.05) is 20.3 Å². The number of nitrogens with one attached hydrogen (secondary N) is 1. The Labute approximate surface area is 122 Å². The van der Waals surface area contributed by atoms with E-state index in [4.69, 9.17) is 4.74 Å². The van der Waals surface area contributed by atoms with E-state index in [0.29, 0.717) is 0 Å². The zero-order valence-electron chi connectivity index (χ0n) is 11.5. The largest absolute Gasteiger partial charge is 0.385 e. The molecule has 0 saturated heterocycles. The van der Waals surface area contributed by atoms with Gasteiger partial charge in [-0.1, -0.05) is 22.0 Å². The maximum Gasteiger partial charge on any atom is 0.251 e. The third kappa shape index (κ3) is 3.57. The molecular formula is C15H20BrNO2. The number of methoxy groups -OCH3 is 1. The first-order valence-electron chi connectivity index (χ1n) is 6.60. The van der Waals surface area contributed by atoms with E-state index < -0.39 is 0 Å². The van der Waals surface area contributed by atoms with Crippen LogP contribution in [0.4, 0.5) is 0 Å². The van der Waals surface area contributed by atoms with Gasteiger partial charge in [-0.3, -0.25) is 4.79 Å².